The second-order valence-electron chi connectivity index (χ2n) is 3.57. The number of esters is 1. The number of hydrogen-bond donors (Lipinski definition) is 0. The lowest BCUT2D eigenvalue weighted by Gasteiger charge is -2.13. The van der Waals surface area contributed by atoms with E-state index in [0.717, 1.165) is 19.3 Å². The molecule has 0 aromatic carbocycles. The van der Waals surface area contributed by atoms with Gasteiger partial charge in [0.25, 0.3) is 0 Å². The van der Waals surface area contributed by atoms with Crippen LogP contribution in [0.3, 0.4) is 0 Å². The van der Waals surface area contributed by atoms with Gasteiger partial charge < -0.3 is 4.74 Å². The first kappa shape index (κ1) is 12.9. The van der Waals surface area contributed by atoms with Gasteiger partial charge in [0.1, 0.15) is 6.10 Å². The molecule has 0 fully saturated rings. The topological polar surface area (TPSA) is 26.3 Å². The quantitative estimate of drug-likeness (QED) is 0.370. The van der Waals surface area contributed by atoms with E-state index in [1.165, 1.54) is 11.6 Å². The Morgan fingerprint density at radius 3 is 2.57 bits per heavy atom. The molecule has 0 aliphatic rings. The van der Waals surface area contributed by atoms with Crippen LogP contribution in [0.2, 0.25) is 0 Å². The molecule has 2 heteroatoms. The predicted molar refractivity (Wildman–Crippen MR) is 59.0 cm³/mol. The number of unbranched alkanes of at least 4 members (excludes halogenated alkanes) is 1. The Morgan fingerprint density at radius 2 is 2.14 bits per heavy atom. The summed E-state index contributed by atoms with van der Waals surface area (Å²) in [4.78, 5) is 11.0. The van der Waals surface area contributed by atoms with E-state index in [-0.39, 0.29) is 12.1 Å². The van der Waals surface area contributed by atoms with Gasteiger partial charge in [-0.05, 0) is 32.8 Å². The molecule has 0 N–H and O–H groups in total. The van der Waals surface area contributed by atoms with Gasteiger partial charge in [0, 0.05) is 6.08 Å². The third-order valence-electron chi connectivity index (χ3n) is 1.80. The van der Waals surface area contributed by atoms with Crippen LogP contribution in [0, 0.1) is 0 Å². The van der Waals surface area contributed by atoms with Crippen LogP contribution in [0.4, 0.5) is 0 Å². The molecule has 0 radical (unpaired) electrons. The summed E-state index contributed by atoms with van der Waals surface area (Å²) in [6, 6.07) is 0. The minimum Gasteiger partial charge on any atom is -0.455 e. The Kier molecular flexibility index (Phi) is 6.81. The van der Waals surface area contributed by atoms with Crippen molar-refractivity contribution in [3.8, 4) is 0 Å². The van der Waals surface area contributed by atoms with Gasteiger partial charge in [0.05, 0.1) is 0 Å². The molecule has 80 valence electrons. The average Bonchev–Trinajstić information content (AvgIpc) is 2.13. The van der Waals surface area contributed by atoms with Crippen molar-refractivity contribution in [1.82, 2.24) is 0 Å². The van der Waals surface area contributed by atoms with Gasteiger partial charge in [-0.15, -0.1) is 0 Å². The molecule has 0 saturated heterocycles. The standard InChI is InChI=1S/C12H20O2/c1-5-7-8-11(9-10(3)4)14-12(13)6-2/h6,9,11H,2,5,7-8H2,1,3-4H3. The molecule has 1 unspecified atom stereocenters. The lowest BCUT2D eigenvalue weighted by Crippen LogP contribution is -2.14. The second kappa shape index (κ2) is 7.36. The zero-order chi connectivity index (χ0) is 11.0. The molecule has 0 bridgehead atoms. The normalized spacial score (nSPS) is 11.6. The Labute approximate surface area is 86.6 Å². The average molecular weight is 196 g/mol. The van der Waals surface area contributed by atoms with Crippen molar-refractivity contribution in [3.63, 3.8) is 0 Å². The number of carbonyl (C=O) groups excluding carboxylic acids is 1. The van der Waals surface area contributed by atoms with E-state index in [9.17, 15) is 4.79 Å². The molecule has 0 spiro atoms. The smallest absolute Gasteiger partial charge is 0.330 e. The summed E-state index contributed by atoms with van der Waals surface area (Å²) >= 11 is 0. The number of rotatable bonds is 6. The monoisotopic (exact) mass is 196 g/mol. The van der Waals surface area contributed by atoms with Crippen molar-refractivity contribution in [2.45, 2.75) is 46.1 Å². The van der Waals surface area contributed by atoms with Crippen LogP contribution in [0.15, 0.2) is 24.3 Å². The molecule has 0 aromatic rings. The lowest BCUT2D eigenvalue weighted by atomic mass is 10.1. The molecule has 0 saturated carbocycles. The van der Waals surface area contributed by atoms with E-state index in [0.29, 0.717) is 0 Å². The van der Waals surface area contributed by atoms with Crippen molar-refractivity contribution >= 4 is 5.97 Å². The van der Waals surface area contributed by atoms with Crippen molar-refractivity contribution in [2.75, 3.05) is 0 Å². The molecule has 0 amide bonds. The third-order valence-corrected chi connectivity index (χ3v) is 1.80. The van der Waals surface area contributed by atoms with Crippen molar-refractivity contribution in [1.29, 1.82) is 0 Å². The van der Waals surface area contributed by atoms with Crippen molar-refractivity contribution in [2.24, 2.45) is 0 Å². The first-order valence-corrected chi connectivity index (χ1v) is 5.08. The minimum absolute atomic E-state index is 0.0922. The van der Waals surface area contributed by atoms with Gasteiger partial charge in [-0.1, -0.05) is 25.5 Å². The van der Waals surface area contributed by atoms with Gasteiger partial charge in [-0.2, -0.15) is 0 Å². The van der Waals surface area contributed by atoms with E-state index in [1.54, 1.807) is 0 Å². The molecule has 0 heterocycles. The SMILES string of the molecule is C=CC(=O)OC(C=C(C)C)CCCC. The minimum atomic E-state index is -0.344. The highest BCUT2D eigenvalue weighted by Crippen LogP contribution is 2.09. The summed E-state index contributed by atoms with van der Waals surface area (Å²) in [6.07, 6.45) is 6.17. The van der Waals surface area contributed by atoms with Gasteiger partial charge >= 0.3 is 5.97 Å². The third kappa shape index (κ3) is 6.46. The van der Waals surface area contributed by atoms with Crippen molar-refractivity contribution < 1.29 is 9.53 Å². The first-order valence-electron chi connectivity index (χ1n) is 5.08. The Balaban J connectivity index is 4.17. The van der Waals surface area contributed by atoms with Gasteiger partial charge in [0.2, 0.25) is 0 Å². The van der Waals surface area contributed by atoms with Gasteiger partial charge in [-0.3, -0.25) is 0 Å². The molecule has 1 atom stereocenters. The second-order valence-corrected chi connectivity index (χ2v) is 3.57. The van der Waals surface area contributed by atoms with Crippen LogP contribution in [-0.2, 0) is 9.53 Å². The number of ether oxygens (including phenoxy) is 1. The van der Waals surface area contributed by atoms with E-state index >= 15 is 0 Å². The molecule has 0 aromatic heterocycles. The molecule has 14 heavy (non-hydrogen) atoms. The Morgan fingerprint density at radius 1 is 1.50 bits per heavy atom. The number of allylic oxidation sites excluding steroid dienone is 1. The van der Waals surface area contributed by atoms with E-state index in [1.807, 2.05) is 19.9 Å². The highest BCUT2D eigenvalue weighted by atomic mass is 16.5. The Bertz CT molecular complexity index is 212. The maximum absolute atomic E-state index is 11.0. The first-order chi connectivity index (χ1) is 6.60. The highest BCUT2D eigenvalue weighted by molar-refractivity contribution is 5.81. The molecular formula is C12H20O2. The summed E-state index contributed by atoms with van der Waals surface area (Å²) in [5.41, 5.74) is 1.17. The zero-order valence-corrected chi connectivity index (χ0v) is 9.38. The van der Waals surface area contributed by atoms with E-state index in [4.69, 9.17) is 4.74 Å². The highest BCUT2D eigenvalue weighted by Gasteiger charge is 2.08. The van der Waals surface area contributed by atoms with E-state index < -0.39 is 0 Å². The fourth-order valence-electron chi connectivity index (χ4n) is 1.15. The lowest BCUT2D eigenvalue weighted by molar-refractivity contribution is -0.141. The molecule has 2 nitrogen and oxygen atoms in total. The summed E-state index contributed by atoms with van der Waals surface area (Å²) in [5, 5.41) is 0. The van der Waals surface area contributed by atoms with Crippen LogP contribution < -0.4 is 0 Å². The summed E-state index contributed by atoms with van der Waals surface area (Å²) < 4.78 is 5.18. The summed E-state index contributed by atoms with van der Waals surface area (Å²) in [6.45, 7) is 9.50. The van der Waals surface area contributed by atoms with Crippen LogP contribution in [-0.4, -0.2) is 12.1 Å². The molecule has 0 aliphatic heterocycles. The summed E-state index contributed by atoms with van der Waals surface area (Å²) in [7, 11) is 0. The van der Waals surface area contributed by atoms with Crippen LogP contribution in [0.1, 0.15) is 40.0 Å². The van der Waals surface area contributed by atoms with E-state index in [2.05, 4.69) is 13.5 Å². The van der Waals surface area contributed by atoms with Crippen LogP contribution >= 0.6 is 0 Å². The van der Waals surface area contributed by atoms with Crippen LogP contribution in [0.5, 0.6) is 0 Å². The van der Waals surface area contributed by atoms with Gasteiger partial charge in [0.15, 0.2) is 0 Å². The molecule has 0 rings (SSSR count). The largest absolute Gasteiger partial charge is 0.455 e. The maximum Gasteiger partial charge on any atom is 0.330 e. The zero-order valence-electron chi connectivity index (χ0n) is 9.38. The van der Waals surface area contributed by atoms with Crippen LogP contribution in [0.25, 0.3) is 0 Å². The summed E-state index contributed by atoms with van der Waals surface area (Å²) in [5.74, 6) is -0.344. The fraction of sp³-hybridized carbons (Fsp3) is 0.583. The number of hydrogen-bond acceptors (Lipinski definition) is 2. The predicted octanol–water partition coefficient (Wildman–Crippen LogP) is 3.24. The van der Waals surface area contributed by atoms with Gasteiger partial charge in [-0.25, -0.2) is 4.79 Å². The maximum atomic E-state index is 11.0. The fourth-order valence-corrected chi connectivity index (χ4v) is 1.15. The molecular weight excluding hydrogens is 176 g/mol. The molecule has 0 aliphatic carbocycles. The number of carbonyl (C=O) groups is 1. The van der Waals surface area contributed by atoms with Crippen molar-refractivity contribution in [3.05, 3.63) is 24.3 Å². The Hall–Kier alpha value is -1.05.